The number of nitrogens with zero attached hydrogens (tertiary/aromatic N) is 2. The SMILES string of the molecule is O=C(CCCc1ccncc1)N1CCO[C@@](CO)(Cc2ccccc2)C1. The predicted octanol–water partition coefficient (Wildman–Crippen LogP) is 2.24. The number of hydrogen-bond donors (Lipinski definition) is 1. The first-order valence-electron chi connectivity index (χ1n) is 9.16. The molecule has 0 unspecified atom stereocenters. The molecule has 0 aliphatic carbocycles. The molecule has 0 spiro atoms. The van der Waals surface area contributed by atoms with Gasteiger partial charge in [-0.1, -0.05) is 30.3 Å². The Balaban J connectivity index is 1.55. The fourth-order valence-electron chi connectivity index (χ4n) is 3.44. The van der Waals surface area contributed by atoms with E-state index in [1.165, 1.54) is 5.56 Å². The summed E-state index contributed by atoms with van der Waals surface area (Å²) in [6.45, 7) is 1.39. The molecule has 5 heteroatoms. The van der Waals surface area contributed by atoms with Gasteiger partial charge in [-0.3, -0.25) is 9.78 Å². The molecule has 2 aromatic rings. The topological polar surface area (TPSA) is 62.7 Å². The van der Waals surface area contributed by atoms with E-state index in [0.717, 1.165) is 18.4 Å². The van der Waals surface area contributed by atoms with E-state index in [2.05, 4.69) is 4.98 Å². The van der Waals surface area contributed by atoms with E-state index in [0.29, 0.717) is 32.5 Å². The van der Waals surface area contributed by atoms with E-state index in [4.69, 9.17) is 4.74 Å². The minimum absolute atomic E-state index is 0.0946. The fraction of sp³-hybridized carbons (Fsp3) is 0.429. The number of carbonyl (C=O) groups excluding carboxylic acids is 1. The largest absolute Gasteiger partial charge is 0.393 e. The van der Waals surface area contributed by atoms with Crippen LogP contribution in [0, 0.1) is 0 Å². The molecule has 5 nitrogen and oxygen atoms in total. The number of pyridine rings is 1. The second-order valence-corrected chi connectivity index (χ2v) is 6.88. The Morgan fingerprint density at radius 1 is 1.15 bits per heavy atom. The van der Waals surface area contributed by atoms with E-state index in [9.17, 15) is 9.90 Å². The van der Waals surface area contributed by atoms with Crippen LogP contribution in [-0.4, -0.2) is 52.8 Å². The second kappa shape index (κ2) is 8.92. The summed E-state index contributed by atoms with van der Waals surface area (Å²) in [5.41, 5.74) is 1.59. The quantitative estimate of drug-likeness (QED) is 0.828. The summed E-state index contributed by atoms with van der Waals surface area (Å²) < 4.78 is 5.92. The average molecular weight is 354 g/mol. The number of aryl methyl sites for hydroxylation is 1. The molecule has 3 rings (SSSR count). The van der Waals surface area contributed by atoms with Gasteiger partial charge in [0.15, 0.2) is 0 Å². The standard InChI is InChI=1S/C21H26N2O3/c24-17-21(15-19-5-2-1-3-6-19)16-23(13-14-26-21)20(25)8-4-7-18-9-11-22-12-10-18/h1-3,5-6,9-12,24H,4,7-8,13-17H2/t21-/m0/s1. The summed E-state index contributed by atoms with van der Waals surface area (Å²) in [5, 5.41) is 9.96. The van der Waals surface area contributed by atoms with Crippen molar-refractivity contribution in [1.29, 1.82) is 0 Å². The Labute approximate surface area is 154 Å². The minimum atomic E-state index is -0.708. The molecule has 0 bridgehead atoms. The lowest BCUT2D eigenvalue weighted by molar-refractivity contribution is -0.158. The highest BCUT2D eigenvalue weighted by atomic mass is 16.5. The highest BCUT2D eigenvalue weighted by Gasteiger charge is 2.37. The molecule has 26 heavy (non-hydrogen) atoms. The molecule has 0 radical (unpaired) electrons. The Kier molecular flexibility index (Phi) is 6.36. The van der Waals surface area contributed by atoms with Crippen molar-refractivity contribution < 1.29 is 14.6 Å². The molecule has 1 saturated heterocycles. The summed E-state index contributed by atoms with van der Waals surface area (Å²) in [6, 6.07) is 13.9. The van der Waals surface area contributed by atoms with Crippen molar-refractivity contribution in [3.8, 4) is 0 Å². The number of aliphatic hydroxyl groups is 1. The maximum atomic E-state index is 12.6. The van der Waals surface area contributed by atoms with Crippen LogP contribution >= 0.6 is 0 Å². The number of amides is 1. The minimum Gasteiger partial charge on any atom is -0.393 e. The normalized spacial score (nSPS) is 20.1. The van der Waals surface area contributed by atoms with Crippen molar-refractivity contribution >= 4 is 5.91 Å². The van der Waals surface area contributed by atoms with E-state index in [-0.39, 0.29) is 12.5 Å². The summed E-state index contributed by atoms with van der Waals surface area (Å²) >= 11 is 0. The van der Waals surface area contributed by atoms with Crippen molar-refractivity contribution in [1.82, 2.24) is 9.88 Å². The van der Waals surface area contributed by atoms with Gasteiger partial charge in [-0.25, -0.2) is 0 Å². The van der Waals surface area contributed by atoms with Gasteiger partial charge in [-0.2, -0.15) is 0 Å². The molecule has 0 saturated carbocycles. The van der Waals surface area contributed by atoms with Crippen molar-refractivity contribution in [3.63, 3.8) is 0 Å². The molecule has 1 aliphatic rings. The van der Waals surface area contributed by atoms with Gasteiger partial charge in [0.05, 0.1) is 19.8 Å². The van der Waals surface area contributed by atoms with Crippen LogP contribution in [0.4, 0.5) is 0 Å². The number of aromatic nitrogens is 1. The molecular weight excluding hydrogens is 328 g/mol. The maximum absolute atomic E-state index is 12.6. The van der Waals surface area contributed by atoms with Crippen LogP contribution < -0.4 is 0 Å². The van der Waals surface area contributed by atoms with E-state index >= 15 is 0 Å². The molecule has 1 fully saturated rings. The molecule has 1 N–H and O–H groups in total. The van der Waals surface area contributed by atoms with Gasteiger partial charge < -0.3 is 14.7 Å². The van der Waals surface area contributed by atoms with Crippen molar-refractivity contribution in [2.75, 3.05) is 26.3 Å². The number of ether oxygens (including phenoxy) is 1. The zero-order valence-electron chi connectivity index (χ0n) is 15.0. The van der Waals surface area contributed by atoms with E-state index in [1.54, 1.807) is 12.4 Å². The van der Waals surface area contributed by atoms with E-state index < -0.39 is 5.60 Å². The van der Waals surface area contributed by atoms with Gasteiger partial charge in [-0.05, 0) is 36.1 Å². The first-order chi connectivity index (χ1) is 12.7. The smallest absolute Gasteiger partial charge is 0.222 e. The lowest BCUT2D eigenvalue weighted by Gasteiger charge is -2.42. The lowest BCUT2D eigenvalue weighted by atomic mass is 9.93. The third-order valence-corrected chi connectivity index (χ3v) is 4.86. The van der Waals surface area contributed by atoms with Crippen LogP contribution in [0.15, 0.2) is 54.9 Å². The van der Waals surface area contributed by atoms with Gasteiger partial charge in [0.1, 0.15) is 5.60 Å². The molecule has 1 aromatic carbocycles. The summed E-state index contributed by atoms with van der Waals surface area (Å²) in [4.78, 5) is 18.5. The number of hydrogen-bond acceptors (Lipinski definition) is 4. The maximum Gasteiger partial charge on any atom is 0.222 e. The third kappa shape index (κ3) is 4.90. The lowest BCUT2D eigenvalue weighted by Crippen LogP contribution is -2.56. The van der Waals surface area contributed by atoms with Crippen LogP contribution in [0.2, 0.25) is 0 Å². The zero-order valence-corrected chi connectivity index (χ0v) is 15.0. The van der Waals surface area contributed by atoms with Crippen molar-refractivity contribution in [2.45, 2.75) is 31.3 Å². The third-order valence-electron chi connectivity index (χ3n) is 4.86. The second-order valence-electron chi connectivity index (χ2n) is 6.88. The van der Waals surface area contributed by atoms with Gasteiger partial charge >= 0.3 is 0 Å². The van der Waals surface area contributed by atoms with Gasteiger partial charge in [0.25, 0.3) is 0 Å². The number of carbonyl (C=O) groups is 1. The molecule has 1 amide bonds. The van der Waals surface area contributed by atoms with Gasteiger partial charge in [0, 0.05) is 31.8 Å². The van der Waals surface area contributed by atoms with Crippen molar-refractivity contribution in [3.05, 3.63) is 66.0 Å². The fourth-order valence-corrected chi connectivity index (χ4v) is 3.44. The Morgan fingerprint density at radius 2 is 1.92 bits per heavy atom. The zero-order chi connectivity index (χ0) is 18.2. The molecule has 2 heterocycles. The van der Waals surface area contributed by atoms with Crippen LogP contribution in [0.3, 0.4) is 0 Å². The van der Waals surface area contributed by atoms with Crippen LogP contribution in [-0.2, 0) is 22.4 Å². The summed E-state index contributed by atoms with van der Waals surface area (Å²) in [5.74, 6) is 0.133. The van der Waals surface area contributed by atoms with Crippen LogP contribution in [0.1, 0.15) is 24.0 Å². The van der Waals surface area contributed by atoms with Gasteiger partial charge in [-0.15, -0.1) is 0 Å². The number of morpholine rings is 1. The number of rotatable bonds is 7. The summed E-state index contributed by atoms with van der Waals surface area (Å²) in [6.07, 6.45) is 6.34. The van der Waals surface area contributed by atoms with Crippen LogP contribution in [0.25, 0.3) is 0 Å². The highest BCUT2D eigenvalue weighted by Crippen LogP contribution is 2.23. The average Bonchev–Trinajstić information content (AvgIpc) is 2.69. The summed E-state index contributed by atoms with van der Waals surface area (Å²) in [7, 11) is 0. The van der Waals surface area contributed by atoms with Crippen LogP contribution in [0.5, 0.6) is 0 Å². The Bertz CT molecular complexity index is 693. The monoisotopic (exact) mass is 354 g/mol. The Hall–Kier alpha value is -2.24. The van der Waals surface area contributed by atoms with Crippen molar-refractivity contribution in [2.24, 2.45) is 0 Å². The molecule has 1 aromatic heterocycles. The van der Waals surface area contributed by atoms with Gasteiger partial charge in [0.2, 0.25) is 5.91 Å². The highest BCUT2D eigenvalue weighted by molar-refractivity contribution is 5.76. The molecule has 138 valence electrons. The number of benzene rings is 1. The molecule has 1 atom stereocenters. The molecule has 1 aliphatic heterocycles. The predicted molar refractivity (Wildman–Crippen MR) is 99.7 cm³/mol. The Morgan fingerprint density at radius 3 is 2.65 bits per heavy atom. The molecular formula is C21H26N2O3. The number of aliphatic hydroxyl groups excluding tert-OH is 1. The van der Waals surface area contributed by atoms with E-state index in [1.807, 2.05) is 47.4 Å². The first kappa shape index (κ1) is 18.5. The first-order valence-corrected chi connectivity index (χ1v) is 9.16.